The molecule has 0 spiro atoms. The Hall–Kier alpha value is -4.09. The van der Waals surface area contributed by atoms with Crippen molar-refractivity contribution in [2.24, 2.45) is 0 Å². The fraction of sp³-hybridized carbons (Fsp3) is 0.0833. The number of hydrogen-bond donors (Lipinski definition) is 1. The molecule has 11 heteroatoms. The fourth-order valence-corrected chi connectivity index (χ4v) is 5.60. The van der Waals surface area contributed by atoms with E-state index in [9.17, 15) is 24.5 Å². The van der Waals surface area contributed by atoms with E-state index in [1.165, 1.54) is 35.2 Å². The molecule has 5 rings (SSSR count). The highest BCUT2D eigenvalue weighted by molar-refractivity contribution is 8.01. The number of hydrogen-bond acceptors (Lipinski definition) is 8. The van der Waals surface area contributed by atoms with E-state index in [-0.39, 0.29) is 28.5 Å². The Bertz CT molecular complexity index is 1550. The maximum Gasteiger partial charge on any atom is 0.270 e. The molecule has 2 heterocycles. The van der Waals surface area contributed by atoms with Crippen LogP contribution in [0.25, 0.3) is 10.2 Å². The van der Waals surface area contributed by atoms with E-state index in [0.29, 0.717) is 15.5 Å². The standard InChI is InChI=1S/C24H16N4O5S2/c1-13-4-2-3-5-18(13)25-21(29)12-34-24-26-19-9-7-14(11-20(19)35-24)27-22(30)16-8-6-15(28(32)33)10-17(16)23(27)31/h2-11H,12H2,1H3,(H,25,29). The minimum Gasteiger partial charge on any atom is -0.325 e. The molecule has 1 N–H and O–H groups in total. The Morgan fingerprint density at radius 2 is 1.86 bits per heavy atom. The third-order valence-corrected chi connectivity index (χ3v) is 7.60. The maximum absolute atomic E-state index is 12.9. The molecule has 0 aliphatic carbocycles. The largest absolute Gasteiger partial charge is 0.325 e. The number of benzene rings is 3. The second kappa shape index (κ2) is 8.93. The minimum absolute atomic E-state index is 0.00418. The molecular weight excluding hydrogens is 488 g/mol. The molecule has 9 nitrogen and oxygen atoms in total. The van der Waals surface area contributed by atoms with Gasteiger partial charge in [-0.05, 0) is 42.8 Å². The van der Waals surface area contributed by atoms with Crippen LogP contribution in [-0.2, 0) is 4.79 Å². The number of aryl methyl sites for hydroxylation is 1. The second-order valence-corrected chi connectivity index (χ2v) is 9.97. The topological polar surface area (TPSA) is 123 Å². The third kappa shape index (κ3) is 4.27. The highest BCUT2D eigenvalue weighted by Gasteiger charge is 2.38. The molecule has 0 atom stereocenters. The lowest BCUT2D eigenvalue weighted by molar-refractivity contribution is -0.384. The van der Waals surface area contributed by atoms with E-state index in [0.717, 1.165) is 26.9 Å². The van der Waals surface area contributed by atoms with Gasteiger partial charge in [0.15, 0.2) is 4.34 Å². The zero-order valence-corrected chi connectivity index (χ0v) is 19.8. The molecule has 1 aliphatic heterocycles. The smallest absolute Gasteiger partial charge is 0.270 e. The molecule has 3 amide bonds. The number of nitrogens with one attached hydrogen (secondary N) is 1. The Labute approximate surface area is 206 Å². The van der Waals surface area contributed by atoms with Crippen LogP contribution in [0.2, 0.25) is 0 Å². The van der Waals surface area contributed by atoms with E-state index in [4.69, 9.17) is 0 Å². The molecular formula is C24H16N4O5S2. The number of aromatic nitrogens is 1. The normalized spacial score (nSPS) is 12.8. The van der Waals surface area contributed by atoms with Crippen molar-refractivity contribution in [2.45, 2.75) is 11.3 Å². The zero-order valence-electron chi connectivity index (χ0n) is 18.2. The molecule has 0 radical (unpaired) electrons. The van der Waals surface area contributed by atoms with Crippen LogP contribution in [-0.4, -0.2) is 33.4 Å². The minimum atomic E-state index is -0.611. The average Bonchev–Trinajstić information content (AvgIpc) is 3.36. The number of nitrogens with zero attached hydrogens (tertiary/aromatic N) is 3. The maximum atomic E-state index is 12.9. The molecule has 35 heavy (non-hydrogen) atoms. The van der Waals surface area contributed by atoms with Crippen molar-refractivity contribution in [1.82, 2.24) is 4.98 Å². The predicted molar refractivity (Wildman–Crippen MR) is 134 cm³/mol. The van der Waals surface area contributed by atoms with Crippen molar-refractivity contribution in [1.29, 1.82) is 0 Å². The number of thiazole rings is 1. The van der Waals surface area contributed by atoms with E-state index in [1.807, 2.05) is 31.2 Å². The number of carbonyl (C=O) groups is 3. The highest BCUT2D eigenvalue weighted by atomic mass is 32.2. The van der Waals surface area contributed by atoms with Gasteiger partial charge in [0.25, 0.3) is 17.5 Å². The number of carbonyl (C=O) groups excluding carboxylic acids is 3. The number of non-ortho nitro benzene ring substituents is 1. The summed E-state index contributed by atoms with van der Waals surface area (Å²) in [6.07, 6.45) is 0. The van der Waals surface area contributed by atoms with Crippen LogP contribution in [0.15, 0.2) is 65.0 Å². The van der Waals surface area contributed by atoms with Crippen LogP contribution in [0.4, 0.5) is 17.1 Å². The summed E-state index contributed by atoms with van der Waals surface area (Å²) in [6.45, 7) is 1.92. The molecule has 1 aliphatic rings. The Morgan fingerprint density at radius 1 is 1.09 bits per heavy atom. The average molecular weight is 505 g/mol. The van der Waals surface area contributed by atoms with Crippen LogP contribution in [0.1, 0.15) is 26.3 Å². The van der Waals surface area contributed by atoms with Crippen molar-refractivity contribution < 1.29 is 19.3 Å². The van der Waals surface area contributed by atoms with Crippen LogP contribution in [0.3, 0.4) is 0 Å². The molecule has 174 valence electrons. The first-order chi connectivity index (χ1) is 16.8. The van der Waals surface area contributed by atoms with Gasteiger partial charge in [-0.2, -0.15) is 0 Å². The predicted octanol–water partition coefficient (Wildman–Crippen LogP) is 5.04. The van der Waals surface area contributed by atoms with E-state index < -0.39 is 16.7 Å². The first-order valence-corrected chi connectivity index (χ1v) is 12.2. The lowest BCUT2D eigenvalue weighted by atomic mass is 10.1. The van der Waals surface area contributed by atoms with Crippen LogP contribution < -0.4 is 10.2 Å². The summed E-state index contributed by atoms with van der Waals surface area (Å²) >= 11 is 2.64. The number of thioether (sulfide) groups is 1. The monoisotopic (exact) mass is 504 g/mol. The number of nitro groups is 1. The number of nitro benzene ring substituents is 1. The Kier molecular flexibility index (Phi) is 5.79. The van der Waals surface area contributed by atoms with Crippen LogP contribution in [0, 0.1) is 17.0 Å². The molecule has 0 saturated heterocycles. The molecule has 0 saturated carbocycles. The molecule has 3 aromatic carbocycles. The molecule has 1 aromatic heterocycles. The summed E-state index contributed by atoms with van der Waals surface area (Å²) in [5.41, 5.74) is 2.64. The van der Waals surface area contributed by atoms with Gasteiger partial charge in [-0.1, -0.05) is 30.0 Å². The highest BCUT2D eigenvalue weighted by Crippen LogP contribution is 2.35. The number of fused-ring (bicyclic) bond motifs is 2. The van der Waals surface area contributed by atoms with Gasteiger partial charge < -0.3 is 5.32 Å². The van der Waals surface area contributed by atoms with E-state index in [2.05, 4.69) is 10.3 Å². The summed E-state index contributed by atoms with van der Waals surface area (Å²) in [4.78, 5) is 54.1. The Balaban J connectivity index is 1.33. The summed E-state index contributed by atoms with van der Waals surface area (Å²) in [6, 6.07) is 16.1. The molecule has 0 bridgehead atoms. The summed E-state index contributed by atoms with van der Waals surface area (Å²) in [7, 11) is 0. The first-order valence-electron chi connectivity index (χ1n) is 10.4. The van der Waals surface area contributed by atoms with Gasteiger partial charge in [0.1, 0.15) is 0 Å². The first kappa shape index (κ1) is 22.7. The lowest BCUT2D eigenvalue weighted by Crippen LogP contribution is -2.29. The zero-order chi connectivity index (χ0) is 24.7. The van der Waals surface area contributed by atoms with Crippen molar-refractivity contribution in [3.8, 4) is 0 Å². The van der Waals surface area contributed by atoms with Gasteiger partial charge in [-0.3, -0.25) is 24.5 Å². The number of imide groups is 1. The van der Waals surface area contributed by atoms with Gasteiger partial charge >= 0.3 is 0 Å². The van der Waals surface area contributed by atoms with Crippen molar-refractivity contribution >= 4 is 68.1 Å². The molecule has 4 aromatic rings. The summed E-state index contributed by atoms with van der Waals surface area (Å²) in [5.74, 6) is -1.12. The van der Waals surface area contributed by atoms with Crippen LogP contribution >= 0.6 is 23.1 Å². The van der Waals surface area contributed by atoms with Gasteiger partial charge in [-0.15, -0.1) is 11.3 Å². The van der Waals surface area contributed by atoms with Crippen LogP contribution in [0.5, 0.6) is 0 Å². The van der Waals surface area contributed by atoms with Gasteiger partial charge in [-0.25, -0.2) is 9.88 Å². The van der Waals surface area contributed by atoms with Gasteiger partial charge in [0.2, 0.25) is 5.91 Å². The van der Waals surface area contributed by atoms with Gasteiger partial charge in [0, 0.05) is 17.8 Å². The van der Waals surface area contributed by atoms with Crippen molar-refractivity contribution in [3.63, 3.8) is 0 Å². The SMILES string of the molecule is Cc1ccccc1NC(=O)CSc1nc2ccc(N3C(=O)c4ccc([N+](=O)[O-])cc4C3=O)cc2s1. The molecule has 0 unspecified atom stereocenters. The second-order valence-electron chi connectivity index (χ2n) is 7.72. The van der Waals surface area contributed by atoms with Crippen molar-refractivity contribution in [2.75, 3.05) is 16.0 Å². The van der Waals surface area contributed by atoms with Crippen molar-refractivity contribution in [3.05, 3.63) is 87.5 Å². The number of para-hydroxylation sites is 1. The Morgan fingerprint density at radius 3 is 2.63 bits per heavy atom. The number of amides is 3. The molecule has 0 fully saturated rings. The lowest BCUT2D eigenvalue weighted by Gasteiger charge is -2.13. The van der Waals surface area contributed by atoms with E-state index in [1.54, 1.807) is 18.2 Å². The number of rotatable bonds is 6. The number of anilines is 2. The summed E-state index contributed by atoms with van der Waals surface area (Å²) < 4.78 is 1.42. The quantitative estimate of drug-likeness (QED) is 0.169. The van der Waals surface area contributed by atoms with E-state index >= 15 is 0 Å². The third-order valence-electron chi connectivity index (χ3n) is 5.44. The summed E-state index contributed by atoms with van der Waals surface area (Å²) in [5, 5.41) is 13.9. The van der Waals surface area contributed by atoms with Gasteiger partial charge in [0.05, 0.1) is 37.7 Å². The fourth-order valence-electron chi connectivity index (χ4n) is 3.70.